The van der Waals surface area contributed by atoms with Crippen molar-refractivity contribution in [3.8, 4) is 0 Å². The lowest BCUT2D eigenvalue weighted by Crippen LogP contribution is -2.19. The fourth-order valence-corrected chi connectivity index (χ4v) is 1.63. The molecule has 0 N–H and O–H groups in total. The molecule has 0 spiro atoms. The molecule has 0 aromatic rings. The van der Waals surface area contributed by atoms with Crippen molar-refractivity contribution < 1.29 is 42.7 Å². The highest BCUT2D eigenvalue weighted by Gasteiger charge is 2.11. The lowest BCUT2D eigenvalue weighted by molar-refractivity contribution is -0.156. The molecule has 0 atom stereocenters. The summed E-state index contributed by atoms with van der Waals surface area (Å²) >= 11 is 0. The van der Waals surface area contributed by atoms with Crippen LogP contribution in [0.2, 0.25) is 0 Å². The molecule has 1 saturated heterocycles. The summed E-state index contributed by atoms with van der Waals surface area (Å²) in [4.78, 5) is 22.8. The van der Waals surface area contributed by atoms with E-state index in [2.05, 4.69) is 0 Å². The van der Waals surface area contributed by atoms with Crippen LogP contribution in [0.4, 0.5) is 0 Å². The molecular weight excluding hydrogens is 324 g/mol. The van der Waals surface area contributed by atoms with Crippen molar-refractivity contribution in [2.24, 2.45) is 0 Å². The number of rotatable bonds is 0. The van der Waals surface area contributed by atoms with Crippen LogP contribution < -0.4 is 0 Å². The van der Waals surface area contributed by atoms with Gasteiger partial charge in [-0.1, -0.05) is 0 Å². The summed E-state index contributed by atoms with van der Waals surface area (Å²) in [6.45, 7) is 4.22. The van der Waals surface area contributed by atoms with E-state index in [4.69, 9.17) is 33.2 Å². The lowest BCUT2D eigenvalue weighted by atomic mass is 10.4. The summed E-state index contributed by atoms with van der Waals surface area (Å²) < 4.78 is 36.1. The predicted molar refractivity (Wildman–Crippen MR) is 80.6 cm³/mol. The third-order valence-corrected chi connectivity index (χ3v) is 2.76. The first-order valence-electron chi connectivity index (χ1n) is 7.99. The first-order valence-corrected chi connectivity index (χ1v) is 7.99. The molecule has 0 aliphatic carbocycles. The maximum atomic E-state index is 11.4. The molecule has 9 nitrogen and oxygen atoms in total. The zero-order valence-corrected chi connectivity index (χ0v) is 13.9. The van der Waals surface area contributed by atoms with Gasteiger partial charge in [0.2, 0.25) is 0 Å². The van der Waals surface area contributed by atoms with Crippen molar-refractivity contribution in [1.82, 2.24) is 0 Å². The van der Waals surface area contributed by atoms with Gasteiger partial charge in [-0.2, -0.15) is 0 Å². The van der Waals surface area contributed by atoms with Gasteiger partial charge >= 0.3 is 11.9 Å². The van der Waals surface area contributed by atoms with Crippen molar-refractivity contribution in [3.05, 3.63) is 0 Å². The Hall–Kier alpha value is -1.26. The molecular formula is C15H26O9. The number of hydrogen-bond acceptors (Lipinski definition) is 9. The Balaban J connectivity index is 2.17. The van der Waals surface area contributed by atoms with Crippen LogP contribution in [0, 0.1) is 0 Å². The van der Waals surface area contributed by atoms with Crippen LogP contribution in [0.15, 0.2) is 0 Å². The maximum Gasteiger partial charge on any atom is 0.317 e. The van der Waals surface area contributed by atoms with Crippen LogP contribution >= 0.6 is 0 Å². The van der Waals surface area contributed by atoms with E-state index in [0.29, 0.717) is 52.9 Å². The second-order valence-electron chi connectivity index (χ2n) is 4.68. The van der Waals surface area contributed by atoms with E-state index in [1.165, 1.54) is 0 Å². The molecule has 0 radical (unpaired) electrons. The van der Waals surface area contributed by atoms with Crippen molar-refractivity contribution >= 4 is 11.9 Å². The molecule has 1 fully saturated rings. The Morgan fingerprint density at radius 2 is 0.667 bits per heavy atom. The van der Waals surface area contributed by atoms with E-state index >= 15 is 0 Å². The minimum Gasteiger partial charge on any atom is -0.463 e. The summed E-state index contributed by atoms with van der Waals surface area (Å²) in [5, 5.41) is 0. The number of hydrogen-bond donors (Lipinski definition) is 0. The highest BCUT2D eigenvalue weighted by Crippen LogP contribution is 1.92. The SMILES string of the molecule is O=C1CC(=O)OCCOCCOCCOCCOCCOCCO1. The van der Waals surface area contributed by atoms with Gasteiger partial charge in [0, 0.05) is 0 Å². The summed E-state index contributed by atoms with van der Waals surface area (Å²) in [7, 11) is 0. The smallest absolute Gasteiger partial charge is 0.317 e. The topological polar surface area (TPSA) is 98.8 Å². The van der Waals surface area contributed by atoms with Crippen molar-refractivity contribution in [1.29, 1.82) is 0 Å². The Morgan fingerprint density at radius 1 is 0.417 bits per heavy atom. The molecule has 0 amide bonds. The first-order chi connectivity index (χ1) is 11.8. The molecule has 1 aliphatic heterocycles. The molecule has 1 aliphatic rings. The quantitative estimate of drug-likeness (QED) is 0.425. The largest absolute Gasteiger partial charge is 0.463 e. The van der Waals surface area contributed by atoms with Gasteiger partial charge in [0.15, 0.2) is 0 Å². The van der Waals surface area contributed by atoms with Crippen LogP contribution in [-0.2, 0) is 42.7 Å². The van der Waals surface area contributed by atoms with Gasteiger partial charge < -0.3 is 33.2 Å². The van der Waals surface area contributed by atoms with E-state index in [-0.39, 0.29) is 26.4 Å². The highest BCUT2D eigenvalue weighted by atomic mass is 16.6. The molecule has 24 heavy (non-hydrogen) atoms. The minimum atomic E-state index is -0.645. The van der Waals surface area contributed by atoms with E-state index < -0.39 is 18.4 Å². The maximum absolute atomic E-state index is 11.4. The van der Waals surface area contributed by atoms with Crippen LogP contribution in [-0.4, -0.2) is 91.2 Å². The van der Waals surface area contributed by atoms with Crippen molar-refractivity contribution in [3.63, 3.8) is 0 Å². The predicted octanol–water partition coefficient (Wildman–Crippen LogP) is -0.440. The summed E-state index contributed by atoms with van der Waals surface area (Å²) in [5.41, 5.74) is 0. The normalized spacial score (nSPS) is 22.5. The summed E-state index contributed by atoms with van der Waals surface area (Å²) in [6.07, 6.45) is -0.424. The molecule has 9 heteroatoms. The highest BCUT2D eigenvalue weighted by molar-refractivity contribution is 5.91. The van der Waals surface area contributed by atoms with Gasteiger partial charge in [0.1, 0.15) is 19.6 Å². The van der Waals surface area contributed by atoms with Gasteiger partial charge in [-0.25, -0.2) is 0 Å². The Morgan fingerprint density at radius 3 is 0.958 bits per heavy atom. The third kappa shape index (κ3) is 13.2. The number of carbonyl (C=O) groups is 2. The first kappa shape index (κ1) is 20.8. The monoisotopic (exact) mass is 350 g/mol. The fourth-order valence-electron chi connectivity index (χ4n) is 1.63. The zero-order chi connectivity index (χ0) is 17.3. The molecule has 0 aromatic carbocycles. The average molecular weight is 350 g/mol. The number of ether oxygens (including phenoxy) is 7. The zero-order valence-electron chi connectivity index (χ0n) is 13.9. The molecule has 0 saturated carbocycles. The average Bonchev–Trinajstić information content (AvgIpc) is 2.56. The van der Waals surface area contributed by atoms with E-state index in [0.717, 1.165) is 0 Å². The van der Waals surface area contributed by atoms with Crippen molar-refractivity contribution in [2.45, 2.75) is 6.42 Å². The van der Waals surface area contributed by atoms with E-state index in [1.807, 2.05) is 0 Å². The lowest BCUT2D eigenvalue weighted by Gasteiger charge is -2.09. The number of esters is 2. The Bertz CT molecular complexity index is 305. The van der Waals surface area contributed by atoms with Gasteiger partial charge in [-0.15, -0.1) is 0 Å². The summed E-state index contributed by atoms with van der Waals surface area (Å²) in [6, 6.07) is 0. The Labute approximate surface area is 141 Å². The standard InChI is InChI=1S/C15H26O9/c16-14-13-15(17)24-12-10-22-8-6-20-4-2-18-1-3-19-5-7-21-9-11-23-14/h1-13H2. The van der Waals surface area contributed by atoms with Crippen LogP contribution in [0.5, 0.6) is 0 Å². The van der Waals surface area contributed by atoms with Gasteiger partial charge in [0.25, 0.3) is 0 Å². The fraction of sp³-hybridized carbons (Fsp3) is 0.867. The van der Waals surface area contributed by atoms with Crippen LogP contribution in [0.25, 0.3) is 0 Å². The molecule has 140 valence electrons. The van der Waals surface area contributed by atoms with Crippen LogP contribution in [0.3, 0.4) is 0 Å². The van der Waals surface area contributed by atoms with E-state index in [9.17, 15) is 9.59 Å². The molecule has 0 bridgehead atoms. The van der Waals surface area contributed by atoms with Crippen molar-refractivity contribution in [2.75, 3.05) is 79.3 Å². The second-order valence-corrected chi connectivity index (χ2v) is 4.68. The molecule has 1 heterocycles. The molecule has 1 rings (SSSR count). The van der Waals surface area contributed by atoms with E-state index in [1.54, 1.807) is 0 Å². The number of carbonyl (C=O) groups excluding carboxylic acids is 2. The second kappa shape index (κ2) is 15.3. The van der Waals surface area contributed by atoms with Gasteiger partial charge in [-0.05, 0) is 0 Å². The molecule has 0 aromatic heterocycles. The third-order valence-electron chi connectivity index (χ3n) is 2.76. The van der Waals surface area contributed by atoms with Crippen LogP contribution in [0.1, 0.15) is 6.42 Å². The molecule has 0 unspecified atom stereocenters. The Kier molecular flexibility index (Phi) is 13.2. The van der Waals surface area contributed by atoms with Gasteiger partial charge in [-0.3, -0.25) is 9.59 Å². The minimum absolute atomic E-state index is 0.0817. The number of cyclic esters (lactones) is 2. The summed E-state index contributed by atoms with van der Waals surface area (Å²) in [5.74, 6) is -1.29. The van der Waals surface area contributed by atoms with Gasteiger partial charge in [0.05, 0.1) is 66.1 Å².